The highest BCUT2D eigenvalue weighted by atomic mass is 32.1. The van der Waals surface area contributed by atoms with E-state index in [1.54, 1.807) is 4.90 Å². The lowest BCUT2D eigenvalue weighted by Crippen LogP contribution is -2.41. The molecule has 0 atom stereocenters. The molecule has 1 aromatic heterocycles. The fourth-order valence-electron chi connectivity index (χ4n) is 4.51. The quantitative estimate of drug-likeness (QED) is 0.393. The Labute approximate surface area is 216 Å². The van der Waals surface area contributed by atoms with Crippen LogP contribution < -0.4 is 4.90 Å². The van der Waals surface area contributed by atoms with Crippen LogP contribution in [0.5, 0.6) is 0 Å². The van der Waals surface area contributed by atoms with Crippen molar-refractivity contribution in [1.82, 2.24) is 4.90 Å². The Hall–Kier alpha value is -3.45. The molecule has 7 heteroatoms. The van der Waals surface area contributed by atoms with Gasteiger partial charge in [-0.3, -0.25) is 14.4 Å². The van der Waals surface area contributed by atoms with Gasteiger partial charge in [-0.25, -0.2) is 0 Å². The van der Waals surface area contributed by atoms with Crippen molar-refractivity contribution in [1.29, 1.82) is 0 Å². The second-order valence-corrected chi connectivity index (χ2v) is 10.1. The van der Waals surface area contributed by atoms with E-state index in [1.165, 1.54) is 11.3 Å². The van der Waals surface area contributed by atoms with Crippen molar-refractivity contribution in [3.05, 3.63) is 87.6 Å². The Morgan fingerprint density at radius 3 is 2.39 bits per heavy atom. The zero-order valence-electron chi connectivity index (χ0n) is 20.8. The smallest absolute Gasteiger partial charge is 0.309 e. The van der Waals surface area contributed by atoms with Gasteiger partial charge in [-0.05, 0) is 61.4 Å². The number of carbonyl (C=O) groups is 3. The Balaban J connectivity index is 1.42. The maximum Gasteiger partial charge on any atom is 0.309 e. The highest BCUT2D eigenvalue weighted by Gasteiger charge is 2.28. The second kappa shape index (κ2) is 12.0. The number of likely N-dealkylation sites (tertiary alicyclic amines) is 1. The molecule has 0 unspecified atom stereocenters. The molecule has 1 saturated heterocycles. The maximum absolute atomic E-state index is 13.3. The second-order valence-electron chi connectivity index (χ2n) is 9.11. The normalized spacial score (nSPS) is 13.9. The van der Waals surface area contributed by atoms with Crippen LogP contribution in [-0.4, -0.2) is 42.4 Å². The summed E-state index contributed by atoms with van der Waals surface area (Å²) in [4.78, 5) is 42.4. The topological polar surface area (TPSA) is 66.9 Å². The lowest BCUT2D eigenvalue weighted by atomic mass is 9.96. The third-order valence-corrected chi connectivity index (χ3v) is 7.33. The summed E-state index contributed by atoms with van der Waals surface area (Å²) in [5, 5.41) is 1.91. The Kier molecular flexibility index (Phi) is 8.54. The summed E-state index contributed by atoms with van der Waals surface area (Å²) in [5.74, 6) is -0.266. The molecule has 1 aliphatic rings. The van der Waals surface area contributed by atoms with Crippen LogP contribution in [0.4, 0.5) is 5.69 Å². The van der Waals surface area contributed by atoms with Crippen molar-refractivity contribution >= 4 is 34.8 Å². The number of nitrogens with zero attached hydrogens (tertiary/aromatic N) is 2. The molecule has 1 aliphatic heterocycles. The van der Waals surface area contributed by atoms with E-state index in [4.69, 9.17) is 4.74 Å². The van der Waals surface area contributed by atoms with E-state index in [0.29, 0.717) is 50.4 Å². The minimum absolute atomic E-state index is 0.0418. The first kappa shape index (κ1) is 25.6. The maximum atomic E-state index is 13.3. The predicted molar refractivity (Wildman–Crippen MR) is 142 cm³/mol. The first-order chi connectivity index (χ1) is 17.4. The first-order valence-corrected chi connectivity index (χ1v) is 13.3. The lowest BCUT2D eigenvalue weighted by molar-refractivity contribution is -0.151. The van der Waals surface area contributed by atoms with Gasteiger partial charge in [0.1, 0.15) is 0 Å². The molecule has 0 saturated carbocycles. The number of hydrogen-bond donors (Lipinski definition) is 0. The van der Waals surface area contributed by atoms with E-state index >= 15 is 0 Å². The molecule has 2 amide bonds. The molecule has 2 aromatic carbocycles. The van der Waals surface area contributed by atoms with Gasteiger partial charge in [-0.1, -0.05) is 48.0 Å². The van der Waals surface area contributed by atoms with Crippen LogP contribution in [0.2, 0.25) is 0 Å². The number of anilines is 1. The van der Waals surface area contributed by atoms with Gasteiger partial charge in [0.05, 0.1) is 30.4 Å². The number of amides is 2. The number of esters is 1. The molecule has 0 aliphatic carbocycles. The Bertz CT molecular complexity index is 1180. The summed E-state index contributed by atoms with van der Waals surface area (Å²) < 4.78 is 5.12. The largest absolute Gasteiger partial charge is 0.466 e. The molecule has 0 radical (unpaired) electrons. The van der Waals surface area contributed by atoms with Crippen LogP contribution >= 0.6 is 11.3 Å². The average Bonchev–Trinajstić information content (AvgIpc) is 3.43. The SMILES string of the molecule is CCOC(=O)C1CCN(C(=O)Cc2ccc(N(Cc3cccc(C)c3)C(=O)c3cccs3)cc2)CC1. The Morgan fingerprint density at radius 2 is 1.75 bits per heavy atom. The predicted octanol–water partition coefficient (Wildman–Crippen LogP) is 5.25. The monoisotopic (exact) mass is 504 g/mol. The van der Waals surface area contributed by atoms with Gasteiger partial charge < -0.3 is 14.5 Å². The third kappa shape index (κ3) is 6.40. The molecule has 3 aromatic rings. The third-order valence-electron chi connectivity index (χ3n) is 6.47. The zero-order chi connectivity index (χ0) is 25.5. The van der Waals surface area contributed by atoms with Crippen LogP contribution in [0.3, 0.4) is 0 Å². The molecule has 188 valence electrons. The summed E-state index contributed by atoms with van der Waals surface area (Å²) >= 11 is 1.43. The van der Waals surface area contributed by atoms with Crippen LogP contribution in [-0.2, 0) is 27.3 Å². The average molecular weight is 505 g/mol. The zero-order valence-corrected chi connectivity index (χ0v) is 21.6. The highest BCUT2D eigenvalue weighted by molar-refractivity contribution is 7.12. The van der Waals surface area contributed by atoms with Crippen LogP contribution in [0, 0.1) is 12.8 Å². The lowest BCUT2D eigenvalue weighted by Gasteiger charge is -2.31. The molecule has 4 rings (SSSR count). The fourth-order valence-corrected chi connectivity index (χ4v) is 5.18. The molecule has 36 heavy (non-hydrogen) atoms. The van der Waals surface area contributed by atoms with Crippen molar-refractivity contribution in [2.24, 2.45) is 5.92 Å². The minimum atomic E-state index is -0.160. The molecule has 0 spiro atoms. The van der Waals surface area contributed by atoms with Crippen LogP contribution in [0.15, 0.2) is 66.0 Å². The van der Waals surface area contributed by atoms with Gasteiger partial charge in [-0.15, -0.1) is 11.3 Å². The Morgan fingerprint density at radius 1 is 1.00 bits per heavy atom. The molecular formula is C29H32N2O4S. The van der Waals surface area contributed by atoms with E-state index < -0.39 is 0 Å². The van der Waals surface area contributed by atoms with Gasteiger partial charge in [0, 0.05) is 18.8 Å². The molecule has 6 nitrogen and oxygen atoms in total. The van der Waals surface area contributed by atoms with Crippen molar-refractivity contribution in [3.8, 4) is 0 Å². The number of hydrogen-bond acceptors (Lipinski definition) is 5. The number of benzene rings is 2. The molecule has 1 fully saturated rings. The molecule has 0 bridgehead atoms. The van der Waals surface area contributed by atoms with E-state index in [2.05, 4.69) is 6.07 Å². The van der Waals surface area contributed by atoms with Gasteiger partial charge in [0.25, 0.3) is 5.91 Å². The van der Waals surface area contributed by atoms with Gasteiger partial charge in [0.2, 0.25) is 5.91 Å². The molecule has 0 N–H and O–H groups in total. The van der Waals surface area contributed by atoms with Crippen molar-refractivity contribution in [2.75, 3.05) is 24.6 Å². The fraction of sp³-hybridized carbons (Fsp3) is 0.345. The summed E-state index contributed by atoms with van der Waals surface area (Å²) in [6.07, 6.45) is 1.58. The van der Waals surface area contributed by atoms with Crippen LogP contribution in [0.1, 0.15) is 46.1 Å². The van der Waals surface area contributed by atoms with E-state index in [0.717, 1.165) is 22.4 Å². The minimum Gasteiger partial charge on any atom is -0.466 e. The van der Waals surface area contributed by atoms with Gasteiger partial charge >= 0.3 is 5.97 Å². The van der Waals surface area contributed by atoms with Crippen LogP contribution in [0.25, 0.3) is 0 Å². The number of piperidine rings is 1. The molecule has 2 heterocycles. The van der Waals surface area contributed by atoms with Gasteiger partial charge in [-0.2, -0.15) is 0 Å². The number of rotatable bonds is 8. The highest BCUT2D eigenvalue weighted by Crippen LogP contribution is 2.24. The van der Waals surface area contributed by atoms with Crippen molar-refractivity contribution in [3.63, 3.8) is 0 Å². The van der Waals surface area contributed by atoms with Crippen molar-refractivity contribution < 1.29 is 19.1 Å². The number of aryl methyl sites for hydroxylation is 1. The first-order valence-electron chi connectivity index (χ1n) is 12.4. The summed E-state index contributed by atoms with van der Waals surface area (Å²) in [6, 6.07) is 19.6. The number of thiophene rings is 1. The number of carbonyl (C=O) groups excluding carboxylic acids is 3. The molecular weight excluding hydrogens is 472 g/mol. The van der Waals surface area contributed by atoms with E-state index in [-0.39, 0.29) is 23.7 Å². The summed E-state index contributed by atoms with van der Waals surface area (Å²) in [6.45, 7) is 5.84. The van der Waals surface area contributed by atoms with E-state index in [9.17, 15) is 14.4 Å². The summed E-state index contributed by atoms with van der Waals surface area (Å²) in [5.41, 5.74) is 3.90. The van der Waals surface area contributed by atoms with Crippen molar-refractivity contribution in [2.45, 2.75) is 39.7 Å². The van der Waals surface area contributed by atoms with E-state index in [1.807, 2.05) is 78.7 Å². The van der Waals surface area contributed by atoms with Gasteiger partial charge in [0.15, 0.2) is 0 Å². The summed E-state index contributed by atoms with van der Waals surface area (Å²) in [7, 11) is 0. The number of ether oxygens (including phenoxy) is 1. The standard InChI is InChI=1S/C29H32N2O4S/c1-3-35-29(34)24-13-15-30(16-14-24)27(32)19-22-9-11-25(12-10-22)31(28(33)26-8-5-17-36-26)20-23-7-4-6-21(2)18-23/h4-12,17-18,24H,3,13-16,19-20H2,1-2H3.